The molecule has 6 nitrogen and oxygen atoms in total. The van der Waals surface area contributed by atoms with Crippen LogP contribution in [0.4, 0.5) is 5.13 Å². The molecule has 0 saturated carbocycles. The lowest BCUT2D eigenvalue weighted by Gasteiger charge is -2.20. The monoisotopic (exact) mass is 440 g/mol. The largest absolute Gasteiger partial charge is 0.494 e. The zero-order valence-electron chi connectivity index (χ0n) is 17.4. The van der Waals surface area contributed by atoms with Crippen LogP contribution in [0.25, 0.3) is 21.3 Å². The highest BCUT2D eigenvalue weighted by Crippen LogP contribution is 2.33. The quantitative estimate of drug-likeness (QED) is 0.349. The molecule has 2 aromatic heterocycles. The molecule has 2 heterocycles. The van der Waals surface area contributed by atoms with E-state index in [1.807, 2.05) is 61.5 Å². The molecule has 5 aromatic rings. The van der Waals surface area contributed by atoms with Crippen LogP contribution >= 0.6 is 11.3 Å². The second kappa shape index (κ2) is 8.72. The molecule has 0 unspecified atom stereocenters. The smallest absolute Gasteiger partial charge is 0.260 e. The summed E-state index contributed by atoms with van der Waals surface area (Å²) in [5.41, 5.74) is 3.84. The normalized spacial score (nSPS) is 11.0. The van der Waals surface area contributed by atoms with Gasteiger partial charge >= 0.3 is 0 Å². The van der Waals surface area contributed by atoms with Crippen LogP contribution in [0.5, 0.6) is 5.75 Å². The van der Waals surface area contributed by atoms with Crippen LogP contribution in [0.2, 0.25) is 0 Å². The third-order valence-corrected chi connectivity index (χ3v) is 6.08. The van der Waals surface area contributed by atoms with Gasteiger partial charge in [-0.05, 0) is 48.9 Å². The fourth-order valence-corrected chi connectivity index (χ4v) is 4.50. The van der Waals surface area contributed by atoms with Gasteiger partial charge in [0, 0.05) is 18.0 Å². The number of thiazole rings is 1. The Morgan fingerprint density at radius 1 is 0.938 bits per heavy atom. The minimum absolute atomic E-state index is 0.134. The van der Waals surface area contributed by atoms with Crippen molar-refractivity contribution < 1.29 is 9.53 Å². The summed E-state index contributed by atoms with van der Waals surface area (Å²) in [6.45, 7) is 2.97. The summed E-state index contributed by atoms with van der Waals surface area (Å²) in [4.78, 5) is 28.8. The van der Waals surface area contributed by atoms with Crippen molar-refractivity contribution in [2.24, 2.45) is 0 Å². The Balaban J connectivity index is 1.56. The summed E-state index contributed by atoms with van der Waals surface area (Å²) in [5, 5.41) is 0.641. The Bertz CT molecular complexity index is 1400. The number of benzene rings is 3. The summed E-state index contributed by atoms with van der Waals surface area (Å²) in [5.74, 6) is 0.662. The predicted molar refractivity (Wildman–Crippen MR) is 127 cm³/mol. The second-order valence-corrected chi connectivity index (χ2v) is 8.20. The highest BCUT2D eigenvalue weighted by molar-refractivity contribution is 7.22. The number of hydrogen-bond donors (Lipinski definition) is 0. The number of rotatable bonds is 6. The van der Waals surface area contributed by atoms with Crippen molar-refractivity contribution >= 4 is 43.6 Å². The molecule has 0 atom stereocenters. The molecule has 0 fully saturated rings. The molecule has 0 bridgehead atoms. The van der Waals surface area contributed by atoms with Gasteiger partial charge in [-0.15, -0.1) is 0 Å². The molecular weight excluding hydrogens is 420 g/mol. The lowest BCUT2D eigenvalue weighted by molar-refractivity contribution is 0.0985. The van der Waals surface area contributed by atoms with Crippen molar-refractivity contribution in [1.82, 2.24) is 15.0 Å². The average Bonchev–Trinajstić information content (AvgIpc) is 3.26. The zero-order valence-corrected chi connectivity index (χ0v) is 18.2. The lowest BCUT2D eigenvalue weighted by atomic mass is 10.1. The van der Waals surface area contributed by atoms with E-state index in [9.17, 15) is 4.79 Å². The molecule has 0 aliphatic heterocycles. The maximum atomic E-state index is 13.7. The summed E-state index contributed by atoms with van der Waals surface area (Å²) in [6.07, 6.45) is 3.27. The van der Waals surface area contributed by atoms with E-state index >= 15 is 0 Å². The zero-order chi connectivity index (χ0) is 21.9. The number of carbonyl (C=O) groups is 1. The number of fused-ring (bicyclic) bond motifs is 2. The van der Waals surface area contributed by atoms with Crippen LogP contribution < -0.4 is 9.64 Å². The molecule has 1 amide bonds. The molecule has 0 spiro atoms. The Kier molecular flexibility index (Phi) is 5.47. The molecule has 0 N–H and O–H groups in total. The number of ether oxygens (including phenoxy) is 1. The van der Waals surface area contributed by atoms with Crippen LogP contribution in [-0.2, 0) is 6.54 Å². The highest BCUT2D eigenvalue weighted by Gasteiger charge is 2.22. The molecular formula is C25H20N4O2S. The Hall–Kier alpha value is -3.84. The van der Waals surface area contributed by atoms with Crippen LogP contribution in [0.1, 0.15) is 22.8 Å². The molecule has 0 saturated heterocycles. The Labute approximate surface area is 189 Å². The van der Waals surface area contributed by atoms with E-state index in [1.165, 1.54) is 11.3 Å². The van der Waals surface area contributed by atoms with Crippen molar-refractivity contribution in [3.8, 4) is 5.75 Å². The van der Waals surface area contributed by atoms with Crippen molar-refractivity contribution in [3.63, 3.8) is 0 Å². The van der Waals surface area contributed by atoms with Gasteiger partial charge in [-0.1, -0.05) is 41.7 Å². The molecule has 158 valence electrons. The summed E-state index contributed by atoms with van der Waals surface area (Å²) < 4.78 is 6.60. The fraction of sp³-hybridized carbons (Fsp3) is 0.120. The SMILES string of the molecule is CCOc1ccc2nc(N(Cc3ccccc3)C(=O)c3ccc4nccnc4c3)sc2c1. The third kappa shape index (κ3) is 4.02. The number of nitrogens with zero attached hydrogens (tertiary/aromatic N) is 4. The maximum Gasteiger partial charge on any atom is 0.260 e. The topological polar surface area (TPSA) is 68.2 Å². The average molecular weight is 441 g/mol. The molecule has 0 aliphatic carbocycles. The maximum absolute atomic E-state index is 13.7. The van der Waals surface area contributed by atoms with Gasteiger partial charge in [-0.25, -0.2) is 4.98 Å². The summed E-state index contributed by atoms with van der Waals surface area (Å²) in [7, 11) is 0. The van der Waals surface area contributed by atoms with Crippen molar-refractivity contribution in [3.05, 3.63) is 90.3 Å². The van der Waals surface area contributed by atoms with Crippen LogP contribution in [0, 0.1) is 0 Å². The Morgan fingerprint density at radius 3 is 2.53 bits per heavy atom. The first-order valence-electron chi connectivity index (χ1n) is 10.3. The van der Waals surface area contributed by atoms with E-state index in [2.05, 4.69) is 9.97 Å². The first-order valence-corrected chi connectivity index (χ1v) is 11.1. The number of aromatic nitrogens is 3. The fourth-order valence-electron chi connectivity index (χ4n) is 3.51. The van der Waals surface area contributed by atoms with Gasteiger partial charge in [0.2, 0.25) is 0 Å². The van der Waals surface area contributed by atoms with E-state index in [-0.39, 0.29) is 5.91 Å². The van der Waals surface area contributed by atoms with Crippen LogP contribution in [-0.4, -0.2) is 27.5 Å². The minimum atomic E-state index is -0.134. The first-order chi connectivity index (χ1) is 15.7. The van der Waals surface area contributed by atoms with E-state index in [4.69, 9.17) is 9.72 Å². The molecule has 3 aromatic carbocycles. The first kappa shape index (κ1) is 20.1. The predicted octanol–water partition coefficient (Wildman–Crippen LogP) is 5.49. The molecule has 5 rings (SSSR count). The third-order valence-electron chi connectivity index (χ3n) is 5.04. The van der Waals surface area contributed by atoms with Crippen LogP contribution in [0.3, 0.4) is 0 Å². The molecule has 0 aliphatic rings. The van der Waals surface area contributed by atoms with E-state index in [0.29, 0.717) is 29.4 Å². The number of amides is 1. The molecule has 7 heteroatoms. The van der Waals surface area contributed by atoms with Gasteiger partial charge in [-0.3, -0.25) is 19.7 Å². The number of carbonyl (C=O) groups excluding carboxylic acids is 1. The van der Waals surface area contributed by atoms with Gasteiger partial charge in [0.25, 0.3) is 5.91 Å². The van der Waals surface area contributed by atoms with Crippen molar-refractivity contribution in [2.45, 2.75) is 13.5 Å². The van der Waals surface area contributed by atoms with Gasteiger partial charge in [0.1, 0.15) is 5.75 Å². The number of anilines is 1. The van der Waals surface area contributed by atoms with E-state index in [0.717, 1.165) is 27.0 Å². The second-order valence-electron chi connectivity index (χ2n) is 7.20. The van der Waals surface area contributed by atoms with Crippen molar-refractivity contribution in [2.75, 3.05) is 11.5 Å². The molecule has 0 radical (unpaired) electrons. The standard InChI is InChI=1S/C25H20N4O2S/c1-2-31-19-9-11-21-23(15-19)32-25(28-21)29(16-17-6-4-3-5-7-17)24(30)18-8-10-20-22(14-18)27-13-12-26-20/h3-15H,2,16H2,1H3. The van der Waals surface area contributed by atoms with Crippen molar-refractivity contribution in [1.29, 1.82) is 0 Å². The van der Waals surface area contributed by atoms with Crippen LogP contribution in [0.15, 0.2) is 79.1 Å². The van der Waals surface area contributed by atoms with Gasteiger partial charge in [0.15, 0.2) is 5.13 Å². The molecule has 32 heavy (non-hydrogen) atoms. The summed E-state index contributed by atoms with van der Waals surface area (Å²) >= 11 is 1.48. The minimum Gasteiger partial charge on any atom is -0.494 e. The lowest BCUT2D eigenvalue weighted by Crippen LogP contribution is -2.30. The van der Waals surface area contributed by atoms with Gasteiger partial charge in [-0.2, -0.15) is 0 Å². The van der Waals surface area contributed by atoms with E-state index in [1.54, 1.807) is 29.4 Å². The highest BCUT2D eigenvalue weighted by atomic mass is 32.1. The number of hydrogen-bond acceptors (Lipinski definition) is 6. The summed E-state index contributed by atoms with van der Waals surface area (Å²) in [6, 6.07) is 21.1. The van der Waals surface area contributed by atoms with E-state index < -0.39 is 0 Å². The Morgan fingerprint density at radius 2 is 1.72 bits per heavy atom. The van der Waals surface area contributed by atoms with Gasteiger partial charge in [0.05, 0.1) is 34.4 Å². The van der Waals surface area contributed by atoms with Gasteiger partial charge < -0.3 is 4.74 Å².